The molecule has 0 spiro atoms. The molecule has 1 atom stereocenters. The predicted molar refractivity (Wildman–Crippen MR) is 81.3 cm³/mol. The number of hydrogen-bond acceptors (Lipinski definition) is 4. The quantitative estimate of drug-likeness (QED) is 0.868. The van der Waals surface area contributed by atoms with Crippen LogP contribution in [0.2, 0.25) is 0 Å². The summed E-state index contributed by atoms with van der Waals surface area (Å²) in [6, 6.07) is 3.94. The Balaban J connectivity index is 2.81. The number of carbonyl (C=O) groups excluding carboxylic acids is 1. The van der Waals surface area contributed by atoms with Gasteiger partial charge in [-0.1, -0.05) is 20.8 Å². The van der Waals surface area contributed by atoms with Gasteiger partial charge in [0.25, 0.3) is 5.91 Å². The van der Waals surface area contributed by atoms with Crippen molar-refractivity contribution in [3.05, 3.63) is 29.1 Å². The Morgan fingerprint density at radius 3 is 2.50 bits per heavy atom. The first kappa shape index (κ1) is 17.6. The normalized spacial score (nSPS) is 12.3. The van der Waals surface area contributed by atoms with Gasteiger partial charge in [-0.25, -0.2) is 9.78 Å². The number of aryl methyl sites for hydroxylation is 1. The molecule has 0 saturated heterocycles. The summed E-state index contributed by atoms with van der Waals surface area (Å²) < 4.78 is 0. The molecule has 0 fully saturated rings. The Morgan fingerprint density at radius 2 is 2.05 bits per heavy atom. The topological polar surface area (TPSA) is 103 Å². The number of nitrogens with one attached hydrogen (secondary N) is 1. The number of nitrogens with zero attached hydrogens (tertiary/aromatic N) is 2. The van der Waals surface area contributed by atoms with Crippen LogP contribution >= 0.6 is 0 Å². The lowest BCUT2D eigenvalue weighted by atomic mass is 9.88. The Morgan fingerprint density at radius 1 is 1.41 bits per heavy atom. The van der Waals surface area contributed by atoms with Gasteiger partial charge in [-0.2, -0.15) is 5.26 Å². The van der Waals surface area contributed by atoms with Crippen LogP contribution in [0.4, 0.5) is 0 Å². The van der Waals surface area contributed by atoms with Gasteiger partial charge in [0, 0.05) is 0 Å². The fourth-order valence-corrected chi connectivity index (χ4v) is 1.87. The average molecular weight is 303 g/mol. The second-order valence-electron chi connectivity index (χ2n) is 6.40. The van der Waals surface area contributed by atoms with E-state index in [1.165, 1.54) is 12.1 Å². The number of hydrogen-bond donors (Lipinski definition) is 2. The van der Waals surface area contributed by atoms with E-state index in [-0.39, 0.29) is 11.1 Å². The van der Waals surface area contributed by atoms with Crippen LogP contribution in [0.15, 0.2) is 12.1 Å². The summed E-state index contributed by atoms with van der Waals surface area (Å²) in [7, 11) is 0. The number of carbonyl (C=O) groups is 2. The Kier molecular flexibility index (Phi) is 5.63. The predicted octanol–water partition coefficient (Wildman–Crippen LogP) is 2.27. The summed E-state index contributed by atoms with van der Waals surface area (Å²) in [4.78, 5) is 27.4. The third kappa shape index (κ3) is 5.17. The summed E-state index contributed by atoms with van der Waals surface area (Å²) in [5.74, 6) is -1.61. The number of carboxylic acids is 1. The molecule has 0 aliphatic carbocycles. The van der Waals surface area contributed by atoms with Crippen LogP contribution in [0.3, 0.4) is 0 Å². The van der Waals surface area contributed by atoms with E-state index in [9.17, 15) is 14.7 Å². The lowest BCUT2D eigenvalue weighted by Crippen LogP contribution is -2.41. The highest BCUT2D eigenvalue weighted by molar-refractivity contribution is 5.95. The first-order valence-electron chi connectivity index (χ1n) is 7.05. The molecule has 6 nitrogen and oxygen atoms in total. The van der Waals surface area contributed by atoms with Crippen LogP contribution < -0.4 is 5.32 Å². The number of carboxylic acid groups (broad SMARTS) is 1. The Labute approximate surface area is 130 Å². The molecule has 118 valence electrons. The third-order valence-corrected chi connectivity index (χ3v) is 3.23. The van der Waals surface area contributed by atoms with Crippen LogP contribution in [0.25, 0.3) is 0 Å². The monoisotopic (exact) mass is 303 g/mol. The molecule has 1 rings (SSSR count). The van der Waals surface area contributed by atoms with E-state index in [4.69, 9.17) is 5.26 Å². The van der Waals surface area contributed by atoms with E-state index in [0.29, 0.717) is 24.1 Å². The number of rotatable bonds is 5. The van der Waals surface area contributed by atoms with E-state index in [1.807, 2.05) is 26.8 Å². The molecule has 6 heteroatoms. The van der Waals surface area contributed by atoms with Crippen molar-refractivity contribution in [3.63, 3.8) is 0 Å². The van der Waals surface area contributed by atoms with Gasteiger partial charge in [-0.15, -0.1) is 0 Å². The summed E-state index contributed by atoms with van der Waals surface area (Å²) in [6.45, 7) is 7.67. The van der Waals surface area contributed by atoms with Crippen LogP contribution in [0, 0.1) is 23.7 Å². The Hall–Kier alpha value is -2.42. The molecule has 0 saturated carbocycles. The van der Waals surface area contributed by atoms with Gasteiger partial charge in [0.1, 0.15) is 17.8 Å². The fourth-order valence-electron chi connectivity index (χ4n) is 1.87. The summed E-state index contributed by atoms with van der Waals surface area (Å²) >= 11 is 0. The van der Waals surface area contributed by atoms with Crippen molar-refractivity contribution in [2.45, 2.75) is 46.6 Å². The van der Waals surface area contributed by atoms with E-state index >= 15 is 0 Å². The maximum Gasteiger partial charge on any atom is 0.326 e. The summed E-state index contributed by atoms with van der Waals surface area (Å²) in [5, 5.41) is 20.6. The van der Waals surface area contributed by atoms with Gasteiger partial charge in [0.05, 0.1) is 11.3 Å². The SMILES string of the molecule is Cc1nc(C(=O)NC(CCC(C)(C)C)C(=O)O)ccc1C#N. The zero-order valence-corrected chi connectivity index (χ0v) is 13.3. The van der Waals surface area contributed by atoms with Crippen molar-refractivity contribution in [2.24, 2.45) is 5.41 Å². The van der Waals surface area contributed by atoms with Crippen LogP contribution in [0.1, 0.15) is 55.4 Å². The van der Waals surface area contributed by atoms with Gasteiger partial charge >= 0.3 is 5.97 Å². The highest BCUT2D eigenvalue weighted by atomic mass is 16.4. The molecule has 0 aromatic carbocycles. The molecule has 1 unspecified atom stereocenters. The molecule has 0 radical (unpaired) electrons. The molecule has 0 aliphatic heterocycles. The summed E-state index contributed by atoms with van der Waals surface area (Å²) in [5.41, 5.74) is 0.927. The van der Waals surface area contributed by atoms with Gasteiger partial charge < -0.3 is 10.4 Å². The standard InChI is InChI=1S/C16H21N3O3/c1-10-11(9-17)5-6-12(18-10)14(20)19-13(15(21)22)7-8-16(2,3)4/h5-6,13H,7-8H2,1-4H3,(H,19,20)(H,21,22). The van der Waals surface area contributed by atoms with E-state index in [1.54, 1.807) is 6.92 Å². The molecule has 1 aromatic heterocycles. The maximum absolute atomic E-state index is 12.1. The van der Waals surface area contributed by atoms with Gasteiger partial charge in [-0.05, 0) is 37.3 Å². The van der Waals surface area contributed by atoms with Crippen LogP contribution in [-0.2, 0) is 4.79 Å². The molecule has 1 heterocycles. The second kappa shape index (κ2) is 7.03. The minimum Gasteiger partial charge on any atom is -0.480 e. The van der Waals surface area contributed by atoms with Crippen molar-refractivity contribution in [1.29, 1.82) is 5.26 Å². The van der Waals surface area contributed by atoms with Crippen LogP contribution in [0.5, 0.6) is 0 Å². The number of aromatic nitrogens is 1. The maximum atomic E-state index is 12.1. The fraction of sp³-hybridized carbons (Fsp3) is 0.500. The molecule has 0 aliphatic rings. The van der Waals surface area contributed by atoms with Gasteiger partial charge in [0.15, 0.2) is 0 Å². The number of pyridine rings is 1. The largest absolute Gasteiger partial charge is 0.480 e. The minimum absolute atomic E-state index is 0.0122. The van der Waals surface area contributed by atoms with E-state index < -0.39 is 17.9 Å². The third-order valence-electron chi connectivity index (χ3n) is 3.23. The summed E-state index contributed by atoms with van der Waals surface area (Å²) in [6.07, 6.45) is 1.02. The van der Waals surface area contributed by atoms with Crippen molar-refractivity contribution in [2.75, 3.05) is 0 Å². The zero-order chi connectivity index (χ0) is 16.9. The number of nitriles is 1. The van der Waals surface area contributed by atoms with Crippen molar-refractivity contribution in [3.8, 4) is 6.07 Å². The molecule has 1 aromatic rings. The van der Waals surface area contributed by atoms with Gasteiger partial charge in [0.2, 0.25) is 0 Å². The zero-order valence-electron chi connectivity index (χ0n) is 13.3. The van der Waals surface area contributed by atoms with Crippen LogP contribution in [-0.4, -0.2) is 28.0 Å². The lowest BCUT2D eigenvalue weighted by molar-refractivity contribution is -0.139. The van der Waals surface area contributed by atoms with E-state index in [0.717, 1.165) is 0 Å². The molecule has 0 bridgehead atoms. The van der Waals surface area contributed by atoms with Crippen molar-refractivity contribution < 1.29 is 14.7 Å². The van der Waals surface area contributed by atoms with E-state index in [2.05, 4.69) is 10.3 Å². The number of amides is 1. The minimum atomic E-state index is -1.07. The molecule has 2 N–H and O–H groups in total. The smallest absolute Gasteiger partial charge is 0.326 e. The first-order valence-corrected chi connectivity index (χ1v) is 7.05. The van der Waals surface area contributed by atoms with Crippen molar-refractivity contribution >= 4 is 11.9 Å². The molecule has 1 amide bonds. The molecular weight excluding hydrogens is 282 g/mol. The van der Waals surface area contributed by atoms with Gasteiger partial charge in [-0.3, -0.25) is 4.79 Å². The second-order valence-corrected chi connectivity index (χ2v) is 6.40. The number of aliphatic carboxylic acids is 1. The lowest BCUT2D eigenvalue weighted by Gasteiger charge is -2.21. The molecular formula is C16H21N3O3. The average Bonchev–Trinajstić information content (AvgIpc) is 2.41. The van der Waals surface area contributed by atoms with Crippen molar-refractivity contribution in [1.82, 2.24) is 10.3 Å². The Bertz CT molecular complexity index is 612. The first-order chi connectivity index (χ1) is 10.1. The highest BCUT2D eigenvalue weighted by Crippen LogP contribution is 2.21. The highest BCUT2D eigenvalue weighted by Gasteiger charge is 2.23. The molecule has 22 heavy (non-hydrogen) atoms.